The van der Waals surface area contributed by atoms with Gasteiger partial charge < -0.3 is 4.74 Å². The minimum absolute atomic E-state index is 0.541. The summed E-state index contributed by atoms with van der Waals surface area (Å²) in [6, 6.07) is 5.65. The van der Waals surface area contributed by atoms with Crippen LogP contribution in [0.4, 0.5) is 0 Å². The van der Waals surface area contributed by atoms with Gasteiger partial charge in [0.05, 0.1) is 17.6 Å². The summed E-state index contributed by atoms with van der Waals surface area (Å²) in [6.45, 7) is 2.04. The Morgan fingerprint density at radius 3 is 2.62 bits per heavy atom. The van der Waals surface area contributed by atoms with Crippen LogP contribution < -0.4 is 4.74 Å². The van der Waals surface area contributed by atoms with Crippen LogP contribution >= 0.6 is 23.2 Å². The first-order valence-corrected chi connectivity index (χ1v) is 5.74. The first-order chi connectivity index (χ1) is 7.65. The van der Waals surface area contributed by atoms with E-state index in [2.05, 4.69) is 4.98 Å². The van der Waals surface area contributed by atoms with Crippen molar-refractivity contribution in [1.82, 2.24) is 4.98 Å². The molecule has 0 bridgehead atoms. The lowest BCUT2D eigenvalue weighted by molar-refractivity contribution is 0.415. The molecule has 0 aliphatic carbocycles. The molecule has 2 rings (SSSR count). The Labute approximate surface area is 104 Å². The quantitative estimate of drug-likeness (QED) is 0.754. The molecule has 0 saturated carbocycles. The fourth-order valence-corrected chi connectivity index (χ4v) is 2.13. The second-order valence-electron chi connectivity index (χ2n) is 3.47. The SMILES string of the molecule is CCc1cc2cc(Cl)c(OC)cc2nc1Cl. The summed E-state index contributed by atoms with van der Waals surface area (Å²) in [5.74, 6) is 0.613. The summed E-state index contributed by atoms with van der Waals surface area (Å²) < 4.78 is 5.13. The van der Waals surface area contributed by atoms with Crippen LogP contribution in [0.5, 0.6) is 5.75 Å². The lowest BCUT2D eigenvalue weighted by atomic mass is 10.1. The van der Waals surface area contributed by atoms with Crippen molar-refractivity contribution < 1.29 is 4.74 Å². The van der Waals surface area contributed by atoms with Gasteiger partial charge in [-0.1, -0.05) is 30.1 Å². The Morgan fingerprint density at radius 1 is 1.25 bits per heavy atom. The summed E-state index contributed by atoms with van der Waals surface area (Å²) >= 11 is 12.1. The third-order valence-corrected chi connectivity index (χ3v) is 3.12. The highest BCUT2D eigenvalue weighted by atomic mass is 35.5. The van der Waals surface area contributed by atoms with Crippen molar-refractivity contribution in [3.8, 4) is 5.75 Å². The van der Waals surface area contributed by atoms with Crippen LogP contribution in [0.15, 0.2) is 18.2 Å². The molecular weight excluding hydrogens is 245 g/mol. The molecule has 16 heavy (non-hydrogen) atoms. The largest absolute Gasteiger partial charge is 0.495 e. The van der Waals surface area contributed by atoms with E-state index in [0.717, 1.165) is 22.9 Å². The van der Waals surface area contributed by atoms with Crippen LogP contribution in [0.1, 0.15) is 12.5 Å². The molecule has 0 spiro atoms. The highest BCUT2D eigenvalue weighted by molar-refractivity contribution is 6.33. The molecule has 0 saturated heterocycles. The summed E-state index contributed by atoms with van der Waals surface area (Å²) in [5.41, 5.74) is 1.82. The van der Waals surface area contributed by atoms with E-state index in [0.29, 0.717) is 15.9 Å². The van der Waals surface area contributed by atoms with E-state index in [-0.39, 0.29) is 0 Å². The number of hydrogen-bond donors (Lipinski definition) is 0. The second kappa shape index (κ2) is 4.48. The highest BCUT2D eigenvalue weighted by Crippen LogP contribution is 2.31. The maximum absolute atomic E-state index is 6.05. The van der Waals surface area contributed by atoms with Crippen LogP contribution in [0.2, 0.25) is 10.2 Å². The van der Waals surface area contributed by atoms with Gasteiger partial charge >= 0.3 is 0 Å². The molecule has 0 atom stereocenters. The zero-order valence-electron chi connectivity index (χ0n) is 9.05. The molecule has 1 aromatic heterocycles. The van der Waals surface area contributed by atoms with E-state index in [9.17, 15) is 0 Å². The van der Waals surface area contributed by atoms with Gasteiger partial charge in [0.25, 0.3) is 0 Å². The second-order valence-corrected chi connectivity index (χ2v) is 4.24. The fraction of sp³-hybridized carbons (Fsp3) is 0.250. The smallest absolute Gasteiger partial charge is 0.139 e. The molecule has 2 aromatic rings. The lowest BCUT2D eigenvalue weighted by Gasteiger charge is -2.07. The number of ether oxygens (including phenoxy) is 1. The Bertz CT molecular complexity index is 491. The molecule has 1 heterocycles. The summed E-state index contributed by atoms with van der Waals surface area (Å²) in [5, 5.41) is 2.10. The van der Waals surface area contributed by atoms with E-state index < -0.39 is 0 Å². The number of fused-ring (bicyclic) bond motifs is 1. The molecule has 1 aromatic carbocycles. The predicted molar refractivity (Wildman–Crippen MR) is 67.7 cm³/mol. The Morgan fingerprint density at radius 2 is 2.00 bits per heavy atom. The van der Waals surface area contributed by atoms with Gasteiger partial charge in [-0.25, -0.2) is 4.98 Å². The van der Waals surface area contributed by atoms with Crippen LogP contribution in [0, 0.1) is 0 Å². The number of aromatic nitrogens is 1. The Balaban J connectivity index is 2.71. The van der Waals surface area contributed by atoms with Gasteiger partial charge in [-0.3, -0.25) is 0 Å². The summed E-state index contributed by atoms with van der Waals surface area (Å²) in [7, 11) is 1.58. The van der Waals surface area contributed by atoms with Crippen LogP contribution in [-0.2, 0) is 6.42 Å². The van der Waals surface area contributed by atoms with Crippen molar-refractivity contribution in [2.75, 3.05) is 7.11 Å². The van der Waals surface area contributed by atoms with E-state index in [1.54, 1.807) is 13.2 Å². The number of benzene rings is 1. The molecule has 0 unspecified atom stereocenters. The van der Waals surface area contributed by atoms with Gasteiger partial charge in [-0.05, 0) is 24.1 Å². The van der Waals surface area contributed by atoms with E-state index >= 15 is 0 Å². The zero-order chi connectivity index (χ0) is 11.7. The number of pyridine rings is 1. The maximum atomic E-state index is 6.05. The lowest BCUT2D eigenvalue weighted by Crippen LogP contribution is -1.90. The van der Waals surface area contributed by atoms with Crippen molar-refractivity contribution in [2.24, 2.45) is 0 Å². The average molecular weight is 256 g/mol. The molecule has 0 aliphatic rings. The number of aryl methyl sites for hydroxylation is 1. The first-order valence-electron chi connectivity index (χ1n) is 4.98. The van der Waals surface area contributed by atoms with E-state index in [1.165, 1.54) is 0 Å². The zero-order valence-corrected chi connectivity index (χ0v) is 10.6. The van der Waals surface area contributed by atoms with Crippen LogP contribution in [-0.4, -0.2) is 12.1 Å². The van der Waals surface area contributed by atoms with Crippen molar-refractivity contribution in [1.29, 1.82) is 0 Å². The molecule has 84 valence electrons. The van der Waals surface area contributed by atoms with E-state index in [4.69, 9.17) is 27.9 Å². The van der Waals surface area contributed by atoms with Crippen molar-refractivity contribution >= 4 is 34.1 Å². The number of methoxy groups -OCH3 is 1. The normalized spacial score (nSPS) is 10.8. The first kappa shape index (κ1) is 11.5. The number of hydrogen-bond acceptors (Lipinski definition) is 2. The van der Waals surface area contributed by atoms with Gasteiger partial charge in [0.15, 0.2) is 0 Å². The third kappa shape index (κ3) is 1.95. The molecule has 0 amide bonds. The molecule has 0 N–H and O–H groups in total. The Kier molecular flexibility index (Phi) is 3.22. The van der Waals surface area contributed by atoms with E-state index in [1.807, 2.05) is 19.1 Å². The standard InChI is InChI=1S/C12H11Cl2NO/c1-3-7-4-8-5-9(13)11(16-2)6-10(8)15-12(7)14/h4-6H,3H2,1-2H3. The number of rotatable bonds is 2. The summed E-state index contributed by atoms with van der Waals surface area (Å²) in [4.78, 5) is 4.32. The fourth-order valence-electron chi connectivity index (χ4n) is 1.60. The molecule has 2 nitrogen and oxygen atoms in total. The molecule has 0 aliphatic heterocycles. The average Bonchev–Trinajstić information content (AvgIpc) is 2.28. The predicted octanol–water partition coefficient (Wildman–Crippen LogP) is 4.11. The highest BCUT2D eigenvalue weighted by Gasteiger charge is 2.07. The monoisotopic (exact) mass is 255 g/mol. The van der Waals surface area contributed by atoms with Gasteiger partial charge in [-0.15, -0.1) is 0 Å². The molecule has 0 fully saturated rings. The topological polar surface area (TPSA) is 22.1 Å². The number of halogens is 2. The van der Waals surface area contributed by atoms with Gasteiger partial charge in [0, 0.05) is 11.5 Å². The number of nitrogens with zero attached hydrogens (tertiary/aromatic N) is 1. The van der Waals surface area contributed by atoms with Crippen molar-refractivity contribution in [3.05, 3.63) is 33.9 Å². The molecule has 0 radical (unpaired) electrons. The molecule has 4 heteroatoms. The summed E-state index contributed by atoms with van der Waals surface area (Å²) in [6.07, 6.45) is 0.853. The van der Waals surface area contributed by atoms with Gasteiger partial charge in [-0.2, -0.15) is 0 Å². The minimum Gasteiger partial charge on any atom is -0.495 e. The van der Waals surface area contributed by atoms with Gasteiger partial charge in [0.2, 0.25) is 0 Å². The third-order valence-electron chi connectivity index (χ3n) is 2.50. The van der Waals surface area contributed by atoms with Crippen molar-refractivity contribution in [2.45, 2.75) is 13.3 Å². The van der Waals surface area contributed by atoms with Crippen molar-refractivity contribution in [3.63, 3.8) is 0 Å². The minimum atomic E-state index is 0.541. The van der Waals surface area contributed by atoms with Crippen LogP contribution in [0.25, 0.3) is 10.9 Å². The maximum Gasteiger partial charge on any atom is 0.139 e. The molecular formula is C12H11Cl2NO. The Hall–Kier alpha value is -0.990. The van der Waals surface area contributed by atoms with Crippen LogP contribution in [0.3, 0.4) is 0 Å². The van der Waals surface area contributed by atoms with Gasteiger partial charge in [0.1, 0.15) is 10.9 Å².